The number of aromatic nitrogens is 1. The van der Waals surface area contributed by atoms with Crippen LogP contribution in [0.25, 0.3) is 0 Å². The molecule has 1 unspecified atom stereocenters. The van der Waals surface area contributed by atoms with Gasteiger partial charge in [0.15, 0.2) is 0 Å². The topological polar surface area (TPSA) is 46.1 Å². The van der Waals surface area contributed by atoms with E-state index >= 15 is 0 Å². The Hall–Kier alpha value is -1.29. The highest BCUT2D eigenvalue weighted by Crippen LogP contribution is 1.88. The molecule has 4 nitrogen and oxygen atoms in total. The maximum Gasteiger partial charge on any atom is 0.234 e. The fraction of sp³-hybridized carbons (Fsp3) is 0.583. The molecule has 0 aliphatic heterocycles. The molecule has 16 heavy (non-hydrogen) atoms. The molecule has 1 amide bonds. The molecule has 1 atom stereocenters. The van der Waals surface area contributed by atoms with E-state index in [0.29, 0.717) is 19.1 Å². The van der Waals surface area contributed by atoms with Crippen molar-refractivity contribution >= 4 is 5.91 Å². The van der Waals surface area contributed by atoms with Gasteiger partial charge in [0.05, 0.1) is 6.54 Å². The average molecular weight is 223 g/mol. The third kappa shape index (κ3) is 4.98. The number of rotatable bonds is 7. The van der Waals surface area contributed by atoms with Crippen LogP contribution in [0.15, 0.2) is 24.5 Å². The zero-order chi connectivity index (χ0) is 11.8. The zero-order valence-electron chi connectivity index (χ0n) is 10.1. The van der Waals surface area contributed by atoms with Gasteiger partial charge in [0, 0.05) is 31.5 Å². The van der Waals surface area contributed by atoms with Crippen LogP contribution >= 0.6 is 0 Å². The summed E-state index contributed by atoms with van der Waals surface area (Å²) in [4.78, 5) is 11.4. The molecule has 0 aliphatic rings. The second kappa shape index (κ2) is 7.06. The van der Waals surface area contributed by atoms with E-state index in [1.807, 2.05) is 29.1 Å². The Morgan fingerprint density at radius 3 is 2.69 bits per heavy atom. The van der Waals surface area contributed by atoms with Crippen LogP contribution in [-0.4, -0.2) is 29.6 Å². The molecule has 0 radical (unpaired) electrons. The Bertz CT molecular complexity index is 295. The normalized spacial score (nSPS) is 12.4. The van der Waals surface area contributed by atoms with Gasteiger partial charge in [-0.05, 0) is 25.5 Å². The van der Waals surface area contributed by atoms with Crippen molar-refractivity contribution in [1.29, 1.82) is 0 Å². The summed E-state index contributed by atoms with van der Waals surface area (Å²) in [5.74, 6) is 0.0625. The van der Waals surface area contributed by atoms with Crippen molar-refractivity contribution in [3.63, 3.8) is 0 Å². The van der Waals surface area contributed by atoms with Crippen molar-refractivity contribution < 1.29 is 4.79 Å². The lowest BCUT2D eigenvalue weighted by atomic mass is 10.2. The summed E-state index contributed by atoms with van der Waals surface area (Å²) in [7, 11) is 0. The molecule has 90 valence electrons. The highest BCUT2D eigenvalue weighted by Gasteiger charge is 2.02. The molecular weight excluding hydrogens is 202 g/mol. The number of amides is 1. The van der Waals surface area contributed by atoms with E-state index in [0.717, 1.165) is 13.0 Å². The second-order valence-electron chi connectivity index (χ2n) is 3.96. The first-order valence-electron chi connectivity index (χ1n) is 5.83. The molecule has 0 aromatic carbocycles. The van der Waals surface area contributed by atoms with Gasteiger partial charge in [0.25, 0.3) is 0 Å². The van der Waals surface area contributed by atoms with Crippen LogP contribution in [0.1, 0.15) is 20.3 Å². The Morgan fingerprint density at radius 2 is 2.06 bits per heavy atom. The smallest absolute Gasteiger partial charge is 0.234 e. The number of nitrogens with one attached hydrogen (secondary N) is 2. The Kier molecular flexibility index (Phi) is 5.64. The van der Waals surface area contributed by atoms with E-state index in [1.165, 1.54) is 0 Å². The summed E-state index contributed by atoms with van der Waals surface area (Å²) in [5.41, 5.74) is 0. The number of nitrogens with zero attached hydrogens (tertiary/aromatic N) is 1. The predicted octanol–water partition coefficient (Wildman–Crippen LogP) is 0.992. The first kappa shape index (κ1) is 12.8. The molecule has 1 aromatic rings. The summed E-state index contributed by atoms with van der Waals surface area (Å²) in [6.07, 6.45) is 5.02. The Morgan fingerprint density at radius 1 is 1.38 bits per heavy atom. The van der Waals surface area contributed by atoms with Crippen molar-refractivity contribution in [2.24, 2.45) is 0 Å². The van der Waals surface area contributed by atoms with E-state index in [1.54, 1.807) is 0 Å². The molecule has 0 spiro atoms. The third-order valence-corrected chi connectivity index (χ3v) is 2.58. The molecule has 0 aliphatic carbocycles. The van der Waals surface area contributed by atoms with Crippen molar-refractivity contribution in [3.8, 4) is 0 Å². The average Bonchev–Trinajstić information content (AvgIpc) is 2.79. The van der Waals surface area contributed by atoms with Crippen LogP contribution in [0.5, 0.6) is 0 Å². The fourth-order valence-electron chi connectivity index (χ4n) is 1.32. The summed E-state index contributed by atoms with van der Waals surface area (Å²) in [5, 5.41) is 6.03. The van der Waals surface area contributed by atoms with E-state index in [-0.39, 0.29) is 5.91 Å². The number of carbonyl (C=O) groups is 1. The van der Waals surface area contributed by atoms with Crippen molar-refractivity contribution in [1.82, 2.24) is 15.2 Å². The first-order chi connectivity index (χ1) is 7.72. The van der Waals surface area contributed by atoms with E-state index in [2.05, 4.69) is 24.5 Å². The maximum absolute atomic E-state index is 11.4. The minimum Gasteiger partial charge on any atom is -0.353 e. The summed E-state index contributed by atoms with van der Waals surface area (Å²) >= 11 is 0. The number of hydrogen-bond donors (Lipinski definition) is 2. The first-order valence-corrected chi connectivity index (χ1v) is 5.83. The van der Waals surface area contributed by atoms with Crippen LogP contribution in [0, 0.1) is 0 Å². The van der Waals surface area contributed by atoms with Gasteiger partial charge in [-0.3, -0.25) is 4.79 Å². The second-order valence-corrected chi connectivity index (χ2v) is 3.96. The molecule has 0 saturated heterocycles. The maximum atomic E-state index is 11.4. The van der Waals surface area contributed by atoms with Crippen molar-refractivity contribution in [3.05, 3.63) is 24.5 Å². The summed E-state index contributed by atoms with van der Waals surface area (Å²) < 4.78 is 2.04. The number of hydrogen-bond acceptors (Lipinski definition) is 2. The highest BCUT2D eigenvalue weighted by molar-refractivity contribution is 5.77. The van der Waals surface area contributed by atoms with Crippen molar-refractivity contribution in [2.45, 2.75) is 32.9 Å². The van der Waals surface area contributed by atoms with E-state index in [9.17, 15) is 4.79 Å². The SMILES string of the molecule is CCC(C)NCC(=O)NCCn1cccc1. The standard InChI is InChI=1S/C12H21N3O/c1-3-11(2)14-10-12(16)13-6-9-15-7-4-5-8-15/h4-5,7-8,11,14H,3,6,9-10H2,1-2H3,(H,13,16). The lowest BCUT2D eigenvalue weighted by molar-refractivity contribution is -0.120. The Labute approximate surface area is 97.0 Å². The molecule has 1 aromatic heterocycles. The van der Waals surface area contributed by atoms with Gasteiger partial charge in [-0.1, -0.05) is 6.92 Å². The van der Waals surface area contributed by atoms with Crippen LogP contribution in [0.2, 0.25) is 0 Å². The predicted molar refractivity (Wildman–Crippen MR) is 65.2 cm³/mol. The van der Waals surface area contributed by atoms with Gasteiger partial charge in [0.1, 0.15) is 0 Å². The molecule has 0 bridgehead atoms. The molecular formula is C12H21N3O. The van der Waals surface area contributed by atoms with Crippen LogP contribution in [-0.2, 0) is 11.3 Å². The fourth-order valence-corrected chi connectivity index (χ4v) is 1.32. The van der Waals surface area contributed by atoms with Gasteiger partial charge in [-0.15, -0.1) is 0 Å². The molecule has 4 heteroatoms. The minimum absolute atomic E-state index is 0.0625. The van der Waals surface area contributed by atoms with Gasteiger partial charge in [-0.2, -0.15) is 0 Å². The van der Waals surface area contributed by atoms with Crippen LogP contribution < -0.4 is 10.6 Å². The van der Waals surface area contributed by atoms with Crippen LogP contribution in [0.4, 0.5) is 0 Å². The molecule has 0 saturated carbocycles. The minimum atomic E-state index is 0.0625. The van der Waals surface area contributed by atoms with Gasteiger partial charge < -0.3 is 15.2 Å². The van der Waals surface area contributed by atoms with Gasteiger partial charge in [0.2, 0.25) is 5.91 Å². The van der Waals surface area contributed by atoms with E-state index < -0.39 is 0 Å². The Balaban J connectivity index is 2.06. The lowest BCUT2D eigenvalue weighted by Gasteiger charge is -2.11. The zero-order valence-corrected chi connectivity index (χ0v) is 10.1. The molecule has 1 rings (SSSR count). The van der Waals surface area contributed by atoms with E-state index in [4.69, 9.17) is 0 Å². The number of carbonyl (C=O) groups excluding carboxylic acids is 1. The third-order valence-electron chi connectivity index (χ3n) is 2.58. The largest absolute Gasteiger partial charge is 0.353 e. The monoisotopic (exact) mass is 223 g/mol. The molecule has 0 fully saturated rings. The highest BCUT2D eigenvalue weighted by atomic mass is 16.1. The summed E-state index contributed by atoms with van der Waals surface area (Å²) in [6.45, 7) is 6.08. The van der Waals surface area contributed by atoms with Crippen LogP contribution in [0.3, 0.4) is 0 Å². The van der Waals surface area contributed by atoms with Gasteiger partial charge in [-0.25, -0.2) is 0 Å². The van der Waals surface area contributed by atoms with Crippen molar-refractivity contribution in [2.75, 3.05) is 13.1 Å². The molecule has 2 N–H and O–H groups in total. The lowest BCUT2D eigenvalue weighted by Crippen LogP contribution is -2.38. The molecule has 1 heterocycles. The quantitative estimate of drug-likeness (QED) is 0.724. The van der Waals surface area contributed by atoms with Gasteiger partial charge >= 0.3 is 0 Å². The summed E-state index contributed by atoms with van der Waals surface area (Å²) in [6, 6.07) is 4.36.